The quantitative estimate of drug-likeness (QED) is 0.800. The average Bonchev–Trinajstić information content (AvgIpc) is 3.14. The maximum atomic E-state index is 12.4. The fourth-order valence-corrected chi connectivity index (χ4v) is 4.11. The summed E-state index contributed by atoms with van der Waals surface area (Å²) in [6.07, 6.45) is 6.81. The van der Waals surface area contributed by atoms with Crippen LogP contribution < -0.4 is 5.32 Å². The van der Waals surface area contributed by atoms with E-state index in [0.29, 0.717) is 30.9 Å². The van der Waals surface area contributed by atoms with E-state index >= 15 is 0 Å². The van der Waals surface area contributed by atoms with Gasteiger partial charge in [0.2, 0.25) is 5.91 Å². The summed E-state index contributed by atoms with van der Waals surface area (Å²) < 4.78 is 5.37. The van der Waals surface area contributed by atoms with Crippen LogP contribution in [0.4, 0.5) is 0 Å². The van der Waals surface area contributed by atoms with E-state index in [1.807, 2.05) is 0 Å². The molecule has 2 saturated carbocycles. The molecule has 4 heteroatoms. The Morgan fingerprint density at radius 3 is 2.39 bits per heavy atom. The first kappa shape index (κ1) is 12.7. The summed E-state index contributed by atoms with van der Waals surface area (Å²) in [5.41, 5.74) is -0.206. The third kappa shape index (κ3) is 2.27. The van der Waals surface area contributed by atoms with Crippen LogP contribution in [0.2, 0.25) is 0 Å². The van der Waals surface area contributed by atoms with Crippen molar-refractivity contribution in [2.45, 2.75) is 44.1 Å². The molecule has 1 saturated heterocycles. The van der Waals surface area contributed by atoms with Crippen LogP contribution in [0.5, 0.6) is 0 Å². The van der Waals surface area contributed by atoms with Gasteiger partial charge in [-0.15, -0.1) is 11.6 Å². The number of carbonyl (C=O) groups excluding carboxylic acids is 1. The van der Waals surface area contributed by atoms with Crippen molar-refractivity contribution in [3.8, 4) is 0 Å². The maximum Gasteiger partial charge on any atom is 0.224 e. The number of ether oxygens (including phenoxy) is 1. The minimum Gasteiger partial charge on any atom is -0.381 e. The van der Waals surface area contributed by atoms with E-state index in [9.17, 15) is 4.79 Å². The number of fused-ring (bicyclic) bond motifs is 1. The van der Waals surface area contributed by atoms with Gasteiger partial charge in [-0.3, -0.25) is 4.79 Å². The molecule has 0 aromatic carbocycles. The predicted molar refractivity (Wildman–Crippen MR) is 70.6 cm³/mol. The van der Waals surface area contributed by atoms with Crippen LogP contribution >= 0.6 is 11.6 Å². The molecule has 0 aromatic heterocycles. The van der Waals surface area contributed by atoms with Gasteiger partial charge in [0, 0.05) is 25.0 Å². The average molecular weight is 272 g/mol. The Balaban J connectivity index is 1.60. The second-order valence-corrected chi connectivity index (χ2v) is 6.42. The van der Waals surface area contributed by atoms with Gasteiger partial charge in [0.05, 0.1) is 5.54 Å². The summed E-state index contributed by atoms with van der Waals surface area (Å²) >= 11 is 6.09. The Labute approximate surface area is 114 Å². The molecule has 0 spiro atoms. The first-order chi connectivity index (χ1) is 8.76. The fraction of sp³-hybridized carbons (Fsp3) is 0.929. The maximum absolute atomic E-state index is 12.4. The normalized spacial score (nSPS) is 37.7. The standard InChI is InChI=1S/C14H22ClNO2/c15-9-14(5-7-18-8-6-14)16-13(17)12-10-3-1-2-4-11(10)12/h10-12H,1-9H2,(H,16,17). The molecule has 102 valence electrons. The molecule has 0 aromatic rings. The Morgan fingerprint density at radius 2 is 1.83 bits per heavy atom. The van der Waals surface area contributed by atoms with Crippen molar-refractivity contribution in [1.82, 2.24) is 5.32 Å². The largest absolute Gasteiger partial charge is 0.381 e. The lowest BCUT2D eigenvalue weighted by Gasteiger charge is -2.36. The van der Waals surface area contributed by atoms with E-state index < -0.39 is 0 Å². The van der Waals surface area contributed by atoms with Gasteiger partial charge in [-0.1, -0.05) is 12.8 Å². The van der Waals surface area contributed by atoms with Crippen LogP contribution in [0.25, 0.3) is 0 Å². The lowest BCUT2D eigenvalue weighted by molar-refractivity contribution is -0.125. The van der Waals surface area contributed by atoms with E-state index in [1.165, 1.54) is 25.7 Å². The number of carbonyl (C=O) groups is 1. The van der Waals surface area contributed by atoms with Crippen LogP contribution in [-0.2, 0) is 9.53 Å². The number of hydrogen-bond donors (Lipinski definition) is 1. The summed E-state index contributed by atoms with van der Waals surface area (Å²) in [7, 11) is 0. The monoisotopic (exact) mass is 271 g/mol. The summed E-state index contributed by atoms with van der Waals surface area (Å²) in [6, 6.07) is 0. The highest BCUT2D eigenvalue weighted by atomic mass is 35.5. The van der Waals surface area contributed by atoms with Crippen molar-refractivity contribution >= 4 is 17.5 Å². The van der Waals surface area contributed by atoms with Crippen LogP contribution in [0.3, 0.4) is 0 Å². The second kappa shape index (κ2) is 5.01. The zero-order chi connectivity index (χ0) is 12.6. The van der Waals surface area contributed by atoms with Crippen LogP contribution in [0, 0.1) is 17.8 Å². The number of rotatable bonds is 3. The molecule has 0 radical (unpaired) electrons. The molecule has 18 heavy (non-hydrogen) atoms. The van der Waals surface area contributed by atoms with Crippen molar-refractivity contribution in [1.29, 1.82) is 0 Å². The molecule has 3 rings (SSSR count). The Bertz CT molecular complexity index is 316. The Hall–Kier alpha value is -0.280. The van der Waals surface area contributed by atoms with E-state index in [4.69, 9.17) is 16.3 Å². The second-order valence-electron chi connectivity index (χ2n) is 6.15. The van der Waals surface area contributed by atoms with Gasteiger partial charge < -0.3 is 10.1 Å². The van der Waals surface area contributed by atoms with Crippen LogP contribution in [-0.4, -0.2) is 30.5 Å². The van der Waals surface area contributed by atoms with Gasteiger partial charge in [0.1, 0.15) is 0 Å². The first-order valence-electron chi connectivity index (χ1n) is 7.21. The summed E-state index contributed by atoms with van der Waals surface area (Å²) in [5, 5.41) is 3.25. The van der Waals surface area contributed by atoms with Crippen molar-refractivity contribution in [3.05, 3.63) is 0 Å². The van der Waals surface area contributed by atoms with E-state index in [2.05, 4.69) is 5.32 Å². The number of halogens is 1. The van der Waals surface area contributed by atoms with E-state index in [0.717, 1.165) is 12.8 Å². The lowest BCUT2D eigenvalue weighted by Crippen LogP contribution is -2.54. The zero-order valence-corrected chi connectivity index (χ0v) is 11.5. The van der Waals surface area contributed by atoms with Gasteiger partial charge in [-0.2, -0.15) is 0 Å². The minimum absolute atomic E-state index is 0.206. The molecule has 3 nitrogen and oxygen atoms in total. The molecule has 0 bridgehead atoms. The fourth-order valence-electron chi connectivity index (χ4n) is 3.78. The molecule has 2 atom stereocenters. The van der Waals surface area contributed by atoms with Crippen LogP contribution in [0.15, 0.2) is 0 Å². The zero-order valence-electron chi connectivity index (χ0n) is 10.8. The Morgan fingerprint density at radius 1 is 1.22 bits per heavy atom. The van der Waals surface area contributed by atoms with E-state index in [-0.39, 0.29) is 17.4 Å². The molecule has 1 N–H and O–H groups in total. The molecular weight excluding hydrogens is 250 g/mol. The highest BCUT2D eigenvalue weighted by Crippen LogP contribution is 2.55. The third-order valence-electron chi connectivity index (χ3n) is 5.05. The molecule has 1 heterocycles. The highest BCUT2D eigenvalue weighted by Gasteiger charge is 2.55. The van der Waals surface area contributed by atoms with Crippen molar-refractivity contribution in [2.24, 2.45) is 17.8 Å². The first-order valence-corrected chi connectivity index (χ1v) is 7.75. The Kier molecular flexibility index (Phi) is 3.55. The number of amides is 1. The topological polar surface area (TPSA) is 38.3 Å². The molecule has 1 amide bonds. The van der Waals surface area contributed by atoms with Gasteiger partial charge in [0.25, 0.3) is 0 Å². The summed E-state index contributed by atoms with van der Waals surface area (Å²) in [5.74, 6) is 2.39. The van der Waals surface area contributed by atoms with Gasteiger partial charge in [-0.25, -0.2) is 0 Å². The number of hydrogen-bond acceptors (Lipinski definition) is 2. The molecule has 2 unspecified atom stereocenters. The lowest BCUT2D eigenvalue weighted by atomic mass is 9.92. The van der Waals surface area contributed by atoms with Crippen molar-refractivity contribution in [3.63, 3.8) is 0 Å². The molecule has 1 aliphatic heterocycles. The third-order valence-corrected chi connectivity index (χ3v) is 5.56. The molecule has 3 fully saturated rings. The predicted octanol–water partition coefficient (Wildman–Crippen LogP) is 2.33. The number of alkyl halides is 1. The van der Waals surface area contributed by atoms with E-state index in [1.54, 1.807) is 0 Å². The van der Waals surface area contributed by atoms with Gasteiger partial charge in [0.15, 0.2) is 0 Å². The smallest absolute Gasteiger partial charge is 0.224 e. The van der Waals surface area contributed by atoms with Gasteiger partial charge in [-0.05, 0) is 37.5 Å². The van der Waals surface area contributed by atoms with Crippen molar-refractivity contribution in [2.75, 3.05) is 19.1 Å². The van der Waals surface area contributed by atoms with Crippen molar-refractivity contribution < 1.29 is 9.53 Å². The minimum atomic E-state index is -0.206. The molecular formula is C14H22ClNO2. The van der Waals surface area contributed by atoms with Gasteiger partial charge >= 0.3 is 0 Å². The highest BCUT2D eigenvalue weighted by molar-refractivity contribution is 6.18. The number of nitrogens with one attached hydrogen (secondary N) is 1. The summed E-state index contributed by atoms with van der Waals surface area (Å²) in [4.78, 5) is 12.4. The van der Waals surface area contributed by atoms with Crippen LogP contribution in [0.1, 0.15) is 38.5 Å². The molecule has 3 aliphatic rings. The molecule has 2 aliphatic carbocycles. The SMILES string of the molecule is O=C(NC1(CCl)CCOCC1)C1C2CCCCC21. The summed E-state index contributed by atoms with van der Waals surface area (Å²) in [6.45, 7) is 1.43.